The molecule has 5 rings (SSSR count). The van der Waals surface area contributed by atoms with Crippen LogP contribution < -0.4 is 10.2 Å². The predicted octanol–water partition coefficient (Wildman–Crippen LogP) is 6.96. The van der Waals surface area contributed by atoms with E-state index >= 15 is 0 Å². The van der Waals surface area contributed by atoms with Gasteiger partial charge in [0.15, 0.2) is 0 Å². The maximum Gasteiger partial charge on any atom is 0.287 e. The van der Waals surface area contributed by atoms with Crippen LogP contribution in [0.5, 0.6) is 5.75 Å². The summed E-state index contributed by atoms with van der Waals surface area (Å²) in [6.45, 7) is 2.57. The van der Waals surface area contributed by atoms with Gasteiger partial charge in [-0.3, -0.25) is 15.5 Å². The molecule has 3 aromatic carbocycles. The van der Waals surface area contributed by atoms with Gasteiger partial charge in [0.25, 0.3) is 5.69 Å². The molecule has 0 unspecified atom stereocenters. The Hall–Kier alpha value is -5.24. The quantitative estimate of drug-likeness (QED) is 0.133. The van der Waals surface area contributed by atoms with Crippen molar-refractivity contribution in [1.82, 2.24) is 9.55 Å². The van der Waals surface area contributed by atoms with Crippen molar-refractivity contribution in [3.05, 3.63) is 125 Å². The van der Waals surface area contributed by atoms with Gasteiger partial charge >= 0.3 is 0 Å². The number of hydrazone groups is 1. The molecule has 0 aliphatic heterocycles. The van der Waals surface area contributed by atoms with E-state index in [-0.39, 0.29) is 5.69 Å². The smallest absolute Gasteiger partial charge is 0.287 e. The van der Waals surface area contributed by atoms with Crippen LogP contribution in [0.1, 0.15) is 12.5 Å². The van der Waals surface area contributed by atoms with Gasteiger partial charge < -0.3 is 9.30 Å². The van der Waals surface area contributed by atoms with Gasteiger partial charge in [0.05, 0.1) is 29.1 Å². The Kier molecular flexibility index (Phi) is 7.22. The molecule has 2 heterocycles. The zero-order valence-electron chi connectivity index (χ0n) is 20.7. The molecule has 188 valence electrons. The minimum Gasteiger partial charge on any atom is -0.494 e. The number of nitrogens with one attached hydrogen (secondary N) is 1. The fourth-order valence-corrected chi connectivity index (χ4v) is 4.20. The lowest BCUT2D eigenvalue weighted by molar-refractivity contribution is -0.385. The normalized spacial score (nSPS) is 11.0. The van der Waals surface area contributed by atoms with Crippen molar-refractivity contribution in [3.8, 4) is 34.0 Å². The second-order valence-corrected chi connectivity index (χ2v) is 8.36. The van der Waals surface area contributed by atoms with Gasteiger partial charge in [-0.05, 0) is 54.4 Å². The highest BCUT2D eigenvalue weighted by Gasteiger charge is 2.19. The van der Waals surface area contributed by atoms with Crippen molar-refractivity contribution in [3.63, 3.8) is 0 Å². The Labute approximate surface area is 220 Å². The van der Waals surface area contributed by atoms with Gasteiger partial charge in [0, 0.05) is 17.3 Å². The van der Waals surface area contributed by atoms with Crippen LogP contribution in [0, 0.1) is 10.1 Å². The number of anilines is 1. The lowest BCUT2D eigenvalue weighted by Crippen LogP contribution is -2.01. The predicted molar refractivity (Wildman–Crippen MR) is 150 cm³/mol. The summed E-state index contributed by atoms with van der Waals surface area (Å²) < 4.78 is 7.88. The van der Waals surface area contributed by atoms with Crippen molar-refractivity contribution in [2.24, 2.45) is 5.10 Å². The molecule has 2 aromatic heterocycles. The molecule has 0 amide bonds. The summed E-state index contributed by atoms with van der Waals surface area (Å²) in [7, 11) is 0. The molecule has 0 radical (unpaired) electrons. The number of pyridine rings is 1. The topological polar surface area (TPSA) is 94.6 Å². The maximum atomic E-state index is 10.9. The fourth-order valence-electron chi connectivity index (χ4n) is 4.20. The molecule has 38 heavy (non-hydrogen) atoms. The first-order chi connectivity index (χ1) is 18.6. The third-order valence-corrected chi connectivity index (χ3v) is 5.89. The van der Waals surface area contributed by atoms with Gasteiger partial charge in [0.2, 0.25) is 0 Å². The molecule has 8 nitrogen and oxygen atoms in total. The number of rotatable bonds is 9. The van der Waals surface area contributed by atoms with E-state index in [0.717, 1.165) is 39.5 Å². The van der Waals surface area contributed by atoms with E-state index in [2.05, 4.69) is 50.4 Å². The molecule has 0 bridgehead atoms. The van der Waals surface area contributed by atoms with Crippen LogP contribution in [-0.4, -0.2) is 27.3 Å². The summed E-state index contributed by atoms with van der Waals surface area (Å²) in [5.41, 5.74) is 8.73. The van der Waals surface area contributed by atoms with Gasteiger partial charge in [-0.2, -0.15) is 5.10 Å². The minimum absolute atomic E-state index is 0.0779. The first-order valence-electron chi connectivity index (χ1n) is 12.1. The Morgan fingerprint density at radius 2 is 1.63 bits per heavy atom. The van der Waals surface area contributed by atoms with Gasteiger partial charge in [-0.15, -0.1) is 0 Å². The first kappa shape index (κ1) is 24.5. The zero-order chi connectivity index (χ0) is 26.3. The number of nitro groups is 1. The van der Waals surface area contributed by atoms with Gasteiger partial charge in [-0.25, -0.2) is 4.98 Å². The molecule has 0 spiro atoms. The number of hydrogen-bond acceptors (Lipinski definition) is 6. The van der Waals surface area contributed by atoms with E-state index in [1.54, 1.807) is 6.21 Å². The molecular formula is C30H25N5O3. The molecule has 0 aliphatic carbocycles. The van der Waals surface area contributed by atoms with Crippen molar-refractivity contribution in [2.75, 3.05) is 12.0 Å². The SMILES string of the molecule is CCOc1ccc(-n2c(-c3ccccc3)cc(/C=N\Nc3ccc([N+](=O)[O-])cn3)c2-c2ccccc2)cc1. The van der Waals surface area contributed by atoms with Crippen LogP contribution in [0.25, 0.3) is 28.2 Å². The second kappa shape index (κ2) is 11.2. The van der Waals surface area contributed by atoms with Crippen LogP contribution in [0.3, 0.4) is 0 Å². The molecule has 0 fully saturated rings. The Bertz CT molecular complexity index is 1550. The summed E-state index contributed by atoms with van der Waals surface area (Å²) in [6, 6.07) is 33.4. The summed E-state index contributed by atoms with van der Waals surface area (Å²) in [6.07, 6.45) is 2.94. The first-order valence-corrected chi connectivity index (χ1v) is 12.1. The largest absolute Gasteiger partial charge is 0.494 e. The summed E-state index contributed by atoms with van der Waals surface area (Å²) in [4.78, 5) is 14.5. The molecular weight excluding hydrogens is 478 g/mol. The van der Waals surface area contributed by atoms with Gasteiger partial charge in [0.1, 0.15) is 17.8 Å². The third-order valence-electron chi connectivity index (χ3n) is 5.89. The van der Waals surface area contributed by atoms with Gasteiger partial charge in [-0.1, -0.05) is 60.7 Å². The lowest BCUT2D eigenvalue weighted by atomic mass is 10.1. The molecule has 0 saturated heterocycles. The minimum atomic E-state index is -0.485. The summed E-state index contributed by atoms with van der Waals surface area (Å²) in [5.74, 6) is 1.22. The van der Waals surface area contributed by atoms with Crippen molar-refractivity contribution < 1.29 is 9.66 Å². The van der Waals surface area contributed by atoms with Crippen LogP contribution in [-0.2, 0) is 0 Å². The highest BCUT2D eigenvalue weighted by molar-refractivity contribution is 5.93. The number of aromatic nitrogens is 2. The maximum absolute atomic E-state index is 10.9. The average molecular weight is 504 g/mol. The average Bonchev–Trinajstić information content (AvgIpc) is 3.34. The lowest BCUT2D eigenvalue weighted by Gasteiger charge is -2.15. The number of ether oxygens (including phenoxy) is 1. The van der Waals surface area contributed by atoms with E-state index in [1.807, 2.05) is 67.6 Å². The molecule has 8 heteroatoms. The van der Waals surface area contributed by atoms with E-state index in [9.17, 15) is 10.1 Å². The second-order valence-electron chi connectivity index (χ2n) is 8.36. The summed E-state index contributed by atoms with van der Waals surface area (Å²) in [5, 5.41) is 15.3. The van der Waals surface area contributed by atoms with E-state index in [1.165, 1.54) is 18.3 Å². The summed E-state index contributed by atoms with van der Waals surface area (Å²) >= 11 is 0. The Balaban J connectivity index is 1.62. The van der Waals surface area contributed by atoms with E-state index in [0.29, 0.717) is 12.4 Å². The molecule has 0 aliphatic rings. The van der Waals surface area contributed by atoms with Crippen molar-refractivity contribution in [1.29, 1.82) is 0 Å². The Morgan fingerprint density at radius 1 is 0.947 bits per heavy atom. The molecule has 1 N–H and O–H groups in total. The molecule has 0 atom stereocenters. The highest BCUT2D eigenvalue weighted by Crippen LogP contribution is 2.35. The fraction of sp³-hybridized carbons (Fsp3) is 0.0667. The number of benzene rings is 3. The monoisotopic (exact) mass is 503 g/mol. The van der Waals surface area contributed by atoms with Crippen LogP contribution in [0.4, 0.5) is 11.5 Å². The van der Waals surface area contributed by atoms with E-state index < -0.39 is 4.92 Å². The molecule has 5 aromatic rings. The Morgan fingerprint density at radius 3 is 2.24 bits per heavy atom. The molecule has 0 saturated carbocycles. The van der Waals surface area contributed by atoms with Crippen molar-refractivity contribution >= 4 is 17.7 Å². The van der Waals surface area contributed by atoms with Crippen molar-refractivity contribution in [2.45, 2.75) is 6.92 Å². The van der Waals surface area contributed by atoms with Crippen LogP contribution in [0.15, 0.2) is 114 Å². The standard InChI is InChI=1S/C30H25N5O3/c1-2-38-27-16-13-25(14-17-27)34-28(22-9-5-3-6-10-22)19-24(30(34)23-11-7-4-8-12-23)20-32-33-29-18-15-26(21-31-29)35(36)37/h3-21H,2H2,1H3,(H,31,33)/b32-20-. The number of nitrogens with zero attached hydrogens (tertiary/aromatic N) is 4. The van der Waals surface area contributed by atoms with Crippen LogP contribution in [0.2, 0.25) is 0 Å². The zero-order valence-corrected chi connectivity index (χ0v) is 20.7. The number of hydrogen-bond donors (Lipinski definition) is 1. The van der Waals surface area contributed by atoms with E-state index in [4.69, 9.17) is 4.74 Å². The highest BCUT2D eigenvalue weighted by atomic mass is 16.6. The van der Waals surface area contributed by atoms with Crippen LogP contribution >= 0.6 is 0 Å². The third kappa shape index (κ3) is 5.29.